The highest BCUT2D eigenvalue weighted by molar-refractivity contribution is 6.00. The largest absolute Gasteiger partial charge is 0.478 e. The van der Waals surface area contributed by atoms with Crippen molar-refractivity contribution in [2.75, 3.05) is 25.0 Å². The van der Waals surface area contributed by atoms with Crippen LogP contribution < -0.4 is 5.32 Å². The van der Waals surface area contributed by atoms with Crippen LogP contribution in [-0.2, 0) is 4.74 Å². The Morgan fingerprint density at radius 1 is 1.52 bits per heavy atom. The van der Waals surface area contributed by atoms with Crippen LogP contribution >= 0.6 is 0 Å². The van der Waals surface area contributed by atoms with Gasteiger partial charge in [-0.2, -0.15) is 0 Å². The molecule has 0 aliphatic carbocycles. The summed E-state index contributed by atoms with van der Waals surface area (Å²) in [6.45, 7) is 3.30. The molecule has 2 N–H and O–H groups in total. The number of amides is 2. The van der Waals surface area contributed by atoms with Crippen LogP contribution in [0.2, 0.25) is 0 Å². The first-order chi connectivity index (χ1) is 10.0. The fraction of sp³-hybridized carbons (Fsp3) is 0.429. The summed E-state index contributed by atoms with van der Waals surface area (Å²) < 4.78 is 18.6. The standard InChI is InChI=1S/C14H17FN2O4/c1-2-10-8-17(5-6-21-10)14(20)16-12-4-3-9(15)7-11(12)13(18)19/h3-4,7,10H,2,5-6,8H2,1H3,(H,16,20)(H,18,19). The third kappa shape index (κ3) is 3.69. The smallest absolute Gasteiger partial charge is 0.337 e. The summed E-state index contributed by atoms with van der Waals surface area (Å²) in [6, 6.07) is 2.82. The molecular weight excluding hydrogens is 279 g/mol. The van der Waals surface area contributed by atoms with E-state index in [0.29, 0.717) is 19.7 Å². The van der Waals surface area contributed by atoms with Crippen LogP contribution in [0.15, 0.2) is 18.2 Å². The molecule has 1 aromatic rings. The van der Waals surface area contributed by atoms with Crippen molar-refractivity contribution in [3.8, 4) is 0 Å². The fourth-order valence-corrected chi connectivity index (χ4v) is 2.15. The number of nitrogens with zero attached hydrogens (tertiary/aromatic N) is 1. The van der Waals surface area contributed by atoms with Gasteiger partial charge in [0.15, 0.2) is 0 Å². The van der Waals surface area contributed by atoms with Crippen LogP contribution in [0.5, 0.6) is 0 Å². The minimum absolute atomic E-state index is 0.0170. The van der Waals surface area contributed by atoms with Crippen molar-refractivity contribution in [1.29, 1.82) is 0 Å². The molecule has 21 heavy (non-hydrogen) atoms. The van der Waals surface area contributed by atoms with Crippen molar-refractivity contribution in [2.45, 2.75) is 19.4 Å². The Kier molecular flexibility index (Phi) is 4.74. The summed E-state index contributed by atoms with van der Waals surface area (Å²) in [5.74, 6) is -1.96. The van der Waals surface area contributed by atoms with Crippen molar-refractivity contribution in [1.82, 2.24) is 4.90 Å². The molecule has 0 aromatic heterocycles. The van der Waals surface area contributed by atoms with E-state index in [9.17, 15) is 14.0 Å². The van der Waals surface area contributed by atoms with Gasteiger partial charge in [0.1, 0.15) is 5.82 Å². The lowest BCUT2D eigenvalue weighted by Crippen LogP contribution is -2.47. The van der Waals surface area contributed by atoms with Crippen LogP contribution in [0.25, 0.3) is 0 Å². The van der Waals surface area contributed by atoms with Gasteiger partial charge in [-0.3, -0.25) is 0 Å². The summed E-state index contributed by atoms with van der Waals surface area (Å²) in [5, 5.41) is 11.6. The Labute approximate surface area is 121 Å². The van der Waals surface area contributed by atoms with Gasteiger partial charge in [-0.25, -0.2) is 14.0 Å². The average molecular weight is 296 g/mol. The van der Waals surface area contributed by atoms with Gasteiger partial charge in [-0.1, -0.05) is 6.92 Å². The monoisotopic (exact) mass is 296 g/mol. The van der Waals surface area contributed by atoms with Gasteiger partial charge >= 0.3 is 12.0 Å². The SMILES string of the molecule is CCC1CN(C(=O)Nc2ccc(F)cc2C(=O)O)CCO1. The number of rotatable bonds is 3. The number of halogens is 1. The third-order valence-electron chi connectivity index (χ3n) is 3.33. The van der Waals surface area contributed by atoms with Gasteiger partial charge in [0.05, 0.1) is 24.0 Å². The molecule has 6 nitrogen and oxygen atoms in total. The first-order valence-corrected chi connectivity index (χ1v) is 6.71. The molecule has 1 atom stereocenters. The number of nitrogens with one attached hydrogen (secondary N) is 1. The minimum atomic E-state index is -1.29. The van der Waals surface area contributed by atoms with E-state index in [0.717, 1.165) is 18.6 Å². The van der Waals surface area contributed by atoms with Gasteiger partial charge < -0.3 is 20.1 Å². The van der Waals surface area contributed by atoms with Crippen LogP contribution in [0, 0.1) is 5.82 Å². The maximum absolute atomic E-state index is 13.1. The summed E-state index contributed by atoms with van der Waals surface area (Å²) >= 11 is 0. The Bertz CT molecular complexity index is 550. The maximum Gasteiger partial charge on any atom is 0.337 e. The molecule has 0 radical (unpaired) electrons. The van der Waals surface area contributed by atoms with Gasteiger partial charge in [-0.05, 0) is 24.6 Å². The molecule has 114 valence electrons. The molecule has 0 bridgehead atoms. The Morgan fingerprint density at radius 3 is 2.95 bits per heavy atom. The number of anilines is 1. The molecule has 0 saturated carbocycles. The highest BCUT2D eigenvalue weighted by Crippen LogP contribution is 2.18. The number of aromatic carboxylic acids is 1. The number of ether oxygens (including phenoxy) is 1. The average Bonchev–Trinajstić information content (AvgIpc) is 2.48. The normalized spacial score (nSPS) is 18.4. The molecular formula is C14H17FN2O4. The van der Waals surface area contributed by atoms with Crippen molar-refractivity contribution in [3.63, 3.8) is 0 Å². The number of carbonyl (C=O) groups is 2. The second kappa shape index (κ2) is 6.53. The molecule has 2 rings (SSSR count). The van der Waals surface area contributed by atoms with Crippen LogP contribution in [0.4, 0.5) is 14.9 Å². The number of urea groups is 1. The van der Waals surface area contributed by atoms with Gasteiger partial charge in [-0.15, -0.1) is 0 Å². The lowest BCUT2D eigenvalue weighted by atomic mass is 10.1. The molecule has 1 heterocycles. The van der Waals surface area contributed by atoms with Gasteiger partial charge in [0.25, 0.3) is 0 Å². The van der Waals surface area contributed by atoms with Crippen molar-refractivity contribution >= 4 is 17.7 Å². The Hall–Kier alpha value is -2.15. The number of benzene rings is 1. The quantitative estimate of drug-likeness (QED) is 0.896. The lowest BCUT2D eigenvalue weighted by molar-refractivity contribution is -0.0134. The summed E-state index contributed by atoms with van der Waals surface area (Å²) in [7, 11) is 0. The Balaban J connectivity index is 2.11. The number of hydrogen-bond acceptors (Lipinski definition) is 3. The summed E-state index contributed by atoms with van der Waals surface area (Å²) in [6.07, 6.45) is 0.775. The molecule has 1 aliphatic rings. The zero-order valence-electron chi connectivity index (χ0n) is 11.6. The van der Waals surface area contributed by atoms with E-state index in [1.165, 1.54) is 6.07 Å². The second-order valence-corrected chi connectivity index (χ2v) is 4.77. The zero-order valence-corrected chi connectivity index (χ0v) is 11.6. The molecule has 1 saturated heterocycles. The third-order valence-corrected chi connectivity index (χ3v) is 3.33. The van der Waals surface area contributed by atoms with Crippen LogP contribution in [-0.4, -0.2) is 47.8 Å². The zero-order chi connectivity index (χ0) is 15.4. The van der Waals surface area contributed by atoms with E-state index in [-0.39, 0.29) is 17.4 Å². The molecule has 1 fully saturated rings. The van der Waals surface area contributed by atoms with E-state index in [4.69, 9.17) is 9.84 Å². The van der Waals surface area contributed by atoms with Crippen molar-refractivity contribution < 1.29 is 23.8 Å². The second-order valence-electron chi connectivity index (χ2n) is 4.77. The Morgan fingerprint density at radius 2 is 2.29 bits per heavy atom. The lowest BCUT2D eigenvalue weighted by Gasteiger charge is -2.32. The first-order valence-electron chi connectivity index (χ1n) is 6.71. The fourth-order valence-electron chi connectivity index (χ4n) is 2.15. The number of carboxylic acids is 1. The van der Waals surface area contributed by atoms with E-state index in [1.807, 2.05) is 6.92 Å². The number of hydrogen-bond donors (Lipinski definition) is 2. The topological polar surface area (TPSA) is 78.9 Å². The van der Waals surface area contributed by atoms with Crippen molar-refractivity contribution in [3.05, 3.63) is 29.6 Å². The molecule has 2 amide bonds. The highest BCUT2D eigenvalue weighted by atomic mass is 19.1. The number of carboxylic acid groups (broad SMARTS) is 1. The van der Waals surface area contributed by atoms with Gasteiger partial charge in [0.2, 0.25) is 0 Å². The predicted octanol–water partition coefficient (Wildman–Crippen LogP) is 2.17. The first kappa shape index (κ1) is 15.2. The molecule has 1 aromatic carbocycles. The molecule has 1 aliphatic heterocycles. The predicted molar refractivity (Wildman–Crippen MR) is 74.0 cm³/mol. The summed E-state index contributed by atoms with van der Waals surface area (Å²) in [5.41, 5.74) is -0.197. The van der Waals surface area contributed by atoms with Crippen LogP contribution in [0.1, 0.15) is 23.7 Å². The van der Waals surface area contributed by atoms with Crippen LogP contribution in [0.3, 0.4) is 0 Å². The number of morpholine rings is 1. The highest BCUT2D eigenvalue weighted by Gasteiger charge is 2.24. The minimum Gasteiger partial charge on any atom is -0.478 e. The summed E-state index contributed by atoms with van der Waals surface area (Å²) in [4.78, 5) is 24.8. The van der Waals surface area contributed by atoms with Gasteiger partial charge in [0, 0.05) is 13.1 Å². The molecule has 0 spiro atoms. The van der Waals surface area contributed by atoms with E-state index >= 15 is 0 Å². The van der Waals surface area contributed by atoms with Crippen molar-refractivity contribution in [2.24, 2.45) is 0 Å². The van der Waals surface area contributed by atoms with E-state index < -0.39 is 17.8 Å². The molecule has 1 unspecified atom stereocenters. The van der Waals surface area contributed by atoms with E-state index in [1.54, 1.807) is 4.90 Å². The maximum atomic E-state index is 13.1. The number of carbonyl (C=O) groups excluding carboxylic acids is 1. The molecule has 7 heteroatoms. The van der Waals surface area contributed by atoms with E-state index in [2.05, 4.69) is 5.32 Å².